The molecule has 0 heterocycles. The zero-order chi connectivity index (χ0) is 14.6. The molecule has 0 saturated carbocycles. The summed E-state index contributed by atoms with van der Waals surface area (Å²) in [7, 11) is 0. The number of hydrogen-bond donors (Lipinski definition) is 1. The lowest BCUT2D eigenvalue weighted by atomic mass is 9.84. The van der Waals surface area contributed by atoms with Gasteiger partial charge in [0.15, 0.2) is 0 Å². The molecule has 4 nitrogen and oxygen atoms in total. The number of amides is 1. The monoisotopic (exact) mass is 259 g/mol. The molecule has 18 heavy (non-hydrogen) atoms. The van der Waals surface area contributed by atoms with E-state index in [0.717, 1.165) is 6.42 Å². The molecule has 0 aliphatic heterocycles. The van der Waals surface area contributed by atoms with E-state index < -0.39 is 5.60 Å². The summed E-state index contributed by atoms with van der Waals surface area (Å²) in [6.45, 7) is 14.3. The van der Waals surface area contributed by atoms with Crippen molar-refractivity contribution in [3.05, 3.63) is 0 Å². The average Bonchev–Trinajstić information content (AvgIpc) is 2.07. The molecule has 0 aliphatic rings. The first kappa shape index (κ1) is 17.2. The van der Waals surface area contributed by atoms with Crippen molar-refractivity contribution in [2.24, 2.45) is 5.41 Å². The minimum absolute atomic E-state index is 0.0232. The van der Waals surface area contributed by atoms with Crippen molar-refractivity contribution in [3.8, 4) is 0 Å². The highest BCUT2D eigenvalue weighted by molar-refractivity contribution is 5.68. The average molecular weight is 259 g/mol. The predicted molar refractivity (Wildman–Crippen MR) is 73.6 cm³/mol. The van der Waals surface area contributed by atoms with Gasteiger partial charge in [0.05, 0.1) is 6.61 Å². The van der Waals surface area contributed by atoms with Gasteiger partial charge in [0.1, 0.15) is 5.60 Å². The van der Waals surface area contributed by atoms with Crippen LogP contribution in [0.15, 0.2) is 0 Å². The van der Waals surface area contributed by atoms with Crippen molar-refractivity contribution in [2.45, 2.75) is 66.5 Å². The number of carbonyl (C=O) groups excluding carboxylic acids is 1. The second-order valence-corrected chi connectivity index (χ2v) is 6.88. The Bertz CT molecular complexity index is 267. The topological polar surface area (TPSA) is 49.8 Å². The van der Waals surface area contributed by atoms with Crippen molar-refractivity contribution >= 4 is 6.09 Å². The zero-order valence-electron chi connectivity index (χ0n) is 12.9. The predicted octanol–water partition coefficient (Wildman–Crippen LogP) is 3.04. The summed E-state index contributed by atoms with van der Waals surface area (Å²) >= 11 is 0. The number of nitrogens with zero attached hydrogens (tertiary/aromatic N) is 1. The highest BCUT2D eigenvalue weighted by Crippen LogP contribution is 2.30. The van der Waals surface area contributed by atoms with Crippen molar-refractivity contribution < 1.29 is 14.6 Å². The highest BCUT2D eigenvalue weighted by atomic mass is 16.6. The summed E-state index contributed by atoms with van der Waals surface area (Å²) < 4.78 is 5.57. The van der Waals surface area contributed by atoms with E-state index in [2.05, 4.69) is 20.8 Å². The minimum Gasteiger partial charge on any atom is -0.443 e. The molecule has 0 aliphatic carbocycles. The van der Waals surface area contributed by atoms with E-state index >= 15 is 0 Å². The van der Waals surface area contributed by atoms with Crippen LogP contribution in [0.25, 0.3) is 0 Å². The van der Waals surface area contributed by atoms with Gasteiger partial charge in [0, 0.05) is 12.6 Å². The lowest BCUT2D eigenvalue weighted by Crippen LogP contribution is -2.44. The molecule has 0 atom stereocenters. The molecule has 0 unspecified atom stereocenters. The maximum absolute atomic E-state index is 12.1. The second kappa shape index (κ2) is 6.41. The van der Waals surface area contributed by atoms with Crippen LogP contribution in [-0.4, -0.2) is 40.9 Å². The van der Waals surface area contributed by atoms with Crippen LogP contribution in [0.5, 0.6) is 0 Å². The Hall–Kier alpha value is -0.770. The van der Waals surface area contributed by atoms with Crippen molar-refractivity contribution in [3.63, 3.8) is 0 Å². The van der Waals surface area contributed by atoms with Crippen LogP contribution in [0.4, 0.5) is 4.79 Å². The first-order valence-electron chi connectivity index (χ1n) is 6.59. The fraction of sp³-hybridized carbons (Fsp3) is 0.929. The van der Waals surface area contributed by atoms with Gasteiger partial charge in [-0.2, -0.15) is 0 Å². The van der Waals surface area contributed by atoms with Gasteiger partial charge in [-0.15, -0.1) is 0 Å². The fourth-order valence-corrected chi connectivity index (χ4v) is 2.28. The molecule has 0 aromatic carbocycles. The number of aliphatic hydroxyl groups excluding tert-OH is 1. The second-order valence-electron chi connectivity index (χ2n) is 6.88. The maximum Gasteiger partial charge on any atom is 0.410 e. The van der Waals surface area contributed by atoms with E-state index in [1.807, 2.05) is 27.7 Å². The van der Waals surface area contributed by atoms with Crippen molar-refractivity contribution in [2.75, 3.05) is 13.2 Å². The Kier molecular flexibility index (Phi) is 6.14. The summed E-state index contributed by atoms with van der Waals surface area (Å²) in [4.78, 5) is 13.6. The van der Waals surface area contributed by atoms with Gasteiger partial charge in [-0.05, 0) is 39.5 Å². The van der Waals surface area contributed by atoms with Gasteiger partial charge in [0.25, 0.3) is 0 Å². The molecule has 0 saturated heterocycles. The quantitative estimate of drug-likeness (QED) is 0.825. The third kappa shape index (κ3) is 6.84. The van der Waals surface area contributed by atoms with Crippen LogP contribution in [-0.2, 0) is 4.74 Å². The van der Waals surface area contributed by atoms with Crippen LogP contribution in [0.2, 0.25) is 0 Å². The van der Waals surface area contributed by atoms with E-state index in [9.17, 15) is 4.79 Å². The van der Waals surface area contributed by atoms with E-state index in [1.54, 1.807) is 4.90 Å². The van der Waals surface area contributed by atoms with Crippen molar-refractivity contribution in [1.29, 1.82) is 0 Å². The molecule has 0 radical (unpaired) electrons. The number of rotatable bonds is 5. The zero-order valence-corrected chi connectivity index (χ0v) is 12.9. The first-order valence-corrected chi connectivity index (χ1v) is 6.59. The van der Waals surface area contributed by atoms with Crippen LogP contribution in [0, 0.1) is 5.41 Å². The number of aliphatic hydroxyl groups is 1. The lowest BCUT2D eigenvalue weighted by molar-refractivity contribution is -0.0159. The van der Waals surface area contributed by atoms with Crippen molar-refractivity contribution in [1.82, 2.24) is 4.90 Å². The summed E-state index contributed by atoms with van der Waals surface area (Å²) in [5.74, 6) is 0. The van der Waals surface area contributed by atoms with Gasteiger partial charge < -0.3 is 14.7 Å². The molecule has 4 heteroatoms. The van der Waals surface area contributed by atoms with Gasteiger partial charge in [-0.1, -0.05) is 20.8 Å². The Labute approximate surface area is 111 Å². The van der Waals surface area contributed by atoms with E-state index in [-0.39, 0.29) is 24.2 Å². The third-order valence-electron chi connectivity index (χ3n) is 2.52. The summed E-state index contributed by atoms with van der Waals surface area (Å²) in [5, 5.41) is 8.97. The van der Waals surface area contributed by atoms with Gasteiger partial charge >= 0.3 is 6.09 Å². The first-order chi connectivity index (χ1) is 7.98. The van der Waals surface area contributed by atoms with E-state index in [0.29, 0.717) is 6.54 Å². The standard InChI is InChI=1S/C14H29NO3/c1-11(2)15(8-9-16)12(17)18-14(6,7)10-13(3,4)5/h11,16H,8-10H2,1-7H3. The van der Waals surface area contributed by atoms with Crippen LogP contribution >= 0.6 is 0 Å². The largest absolute Gasteiger partial charge is 0.443 e. The fourth-order valence-electron chi connectivity index (χ4n) is 2.28. The molecule has 0 rings (SSSR count). The lowest BCUT2D eigenvalue weighted by Gasteiger charge is -2.35. The SMILES string of the molecule is CC(C)N(CCO)C(=O)OC(C)(C)CC(C)(C)C. The summed E-state index contributed by atoms with van der Waals surface area (Å²) in [5.41, 5.74) is -0.401. The molecule has 0 bridgehead atoms. The minimum atomic E-state index is -0.502. The molecule has 1 N–H and O–H groups in total. The number of hydrogen-bond acceptors (Lipinski definition) is 3. The molecule has 0 fully saturated rings. The Morgan fingerprint density at radius 3 is 2.06 bits per heavy atom. The smallest absolute Gasteiger partial charge is 0.410 e. The molecule has 0 spiro atoms. The van der Waals surface area contributed by atoms with Crippen LogP contribution in [0.3, 0.4) is 0 Å². The number of carbonyl (C=O) groups is 1. The van der Waals surface area contributed by atoms with Gasteiger partial charge in [-0.25, -0.2) is 4.79 Å². The van der Waals surface area contributed by atoms with Gasteiger partial charge in [-0.3, -0.25) is 0 Å². The normalized spacial score (nSPS) is 12.7. The third-order valence-corrected chi connectivity index (χ3v) is 2.52. The Morgan fingerprint density at radius 2 is 1.72 bits per heavy atom. The highest BCUT2D eigenvalue weighted by Gasteiger charge is 2.31. The summed E-state index contributed by atoms with van der Waals surface area (Å²) in [6.07, 6.45) is 0.435. The molecular formula is C14H29NO3. The summed E-state index contributed by atoms with van der Waals surface area (Å²) in [6, 6.07) is 0.0232. The number of ether oxygens (including phenoxy) is 1. The maximum atomic E-state index is 12.1. The molecule has 0 aromatic heterocycles. The Balaban J connectivity index is 4.61. The van der Waals surface area contributed by atoms with E-state index in [1.165, 1.54) is 0 Å². The van der Waals surface area contributed by atoms with Crippen LogP contribution in [0.1, 0.15) is 54.9 Å². The molecular weight excluding hydrogens is 230 g/mol. The van der Waals surface area contributed by atoms with Gasteiger partial charge in [0.2, 0.25) is 0 Å². The van der Waals surface area contributed by atoms with Crippen LogP contribution < -0.4 is 0 Å². The van der Waals surface area contributed by atoms with E-state index in [4.69, 9.17) is 9.84 Å². The molecule has 1 amide bonds. The molecule has 108 valence electrons. The Morgan fingerprint density at radius 1 is 1.22 bits per heavy atom. The molecule has 0 aromatic rings.